The molecule has 5 nitrogen and oxygen atoms in total. The molecule has 1 aromatic carbocycles. The molecule has 0 radical (unpaired) electrons. The topological polar surface area (TPSA) is 47.2 Å². The lowest BCUT2D eigenvalue weighted by molar-refractivity contribution is 0.438. The van der Waals surface area contributed by atoms with Crippen molar-refractivity contribution in [2.75, 3.05) is 22.9 Å². The number of H-pyrrole nitrogens is 1. The molecule has 5 rings (SSSR count). The third-order valence-corrected chi connectivity index (χ3v) is 7.56. The Kier molecular flexibility index (Phi) is 6.06. The number of benzene rings is 1. The molecule has 2 atom stereocenters. The Bertz CT molecular complexity index is 1150. The van der Waals surface area contributed by atoms with Gasteiger partial charge in [0.05, 0.1) is 28.5 Å². The minimum atomic E-state index is -0.0605. The van der Waals surface area contributed by atoms with Crippen LogP contribution in [0.1, 0.15) is 54.5 Å². The smallest absolute Gasteiger partial charge is 0.174 e. The molecule has 4 heterocycles. The van der Waals surface area contributed by atoms with Crippen LogP contribution in [0.2, 0.25) is 5.02 Å². The highest BCUT2D eigenvalue weighted by molar-refractivity contribution is 7.80. The normalized spacial score (nSPS) is 21.5. The molecule has 0 bridgehead atoms. The fourth-order valence-corrected chi connectivity index (χ4v) is 5.79. The van der Waals surface area contributed by atoms with Gasteiger partial charge >= 0.3 is 0 Å². The van der Waals surface area contributed by atoms with Gasteiger partial charge in [0.1, 0.15) is 0 Å². The van der Waals surface area contributed by atoms with Crippen molar-refractivity contribution in [3.05, 3.63) is 76.3 Å². The van der Waals surface area contributed by atoms with E-state index < -0.39 is 0 Å². The zero-order valence-electron chi connectivity index (χ0n) is 19.3. The first kappa shape index (κ1) is 22.2. The van der Waals surface area contributed by atoms with E-state index in [9.17, 15) is 0 Å². The second-order valence-corrected chi connectivity index (χ2v) is 10.1. The summed E-state index contributed by atoms with van der Waals surface area (Å²) in [5, 5.41) is 4.99. The van der Waals surface area contributed by atoms with Crippen LogP contribution in [0.4, 0.5) is 11.4 Å². The molecule has 3 aromatic rings. The van der Waals surface area contributed by atoms with Gasteiger partial charge < -0.3 is 20.1 Å². The Labute approximate surface area is 206 Å². The molecule has 33 heavy (non-hydrogen) atoms. The highest BCUT2D eigenvalue weighted by atomic mass is 35.5. The van der Waals surface area contributed by atoms with Crippen LogP contribution < -0.4 is 15.1 Å². The summed E-state index contributed by atoms with van der Waals surface area (Å²) in [5.74, 6) is 0.782. The molecular formula is C26H30ClN5S. The van der Waals surface area contributed by atoms with Crippen molar-refractivity contribution in [3.63, 3.8) is 0 Å². The SMILES string of the molecule is Cc1cc(C2C(c3ccccn3)NC(=S)N2c2ccc(N3CCC(C)CC3)c(Cl)c2)c(C)[nH]1. The predicted molar refractivity (Wildman–Crippen MR) is 140 cm³/mol. The number of thiocarbonyl (C=S) groups is 1. The molecule has 2 aliphatic heterocycles. The number of halogens is 1. The van der Waals surface area contributed by atoms with Gasteiger partial charge in [-0.15, -0.1) is 0 Å². The van der Waals surface area contributed by atoms with Crippen molar-refractivity contribution in [2.24, 2.45) is 5.92 Å². The first-order valence-corrected chi connectivity index (χ1v) is 12.4. The maximum atomic E-state index is 6.86. The summed E-state index contributed by atoms with van der Waals surface area (Å²) in [6, 6.07) is 14.5. The minimum absolute atomic E-state index is 0.0323. The quantitative estimate of drug-likeness (QED) is 0.443. The second kappa shape index (κ2) is 8.99. The summed E-state index contributed by atoms with van der Waals surface area (Å²) >= 11 is 12.7. The minimum Gasteiger partial charge on any atom is -0.370 e. The maximum Gasteiger partial charge on any atom is 0.174 e. The number of nitrogens with zero attached hydrogens (tertiary/aromatic N) is 3. The number of aryl methyl sites for hydroxylation is 2. The van der Waals surface area contributed by atoms with Gasteiger partial charge in [-0.1, -0.05) is 24.6 Å². The second-order valence-electron chi connectivity index (χ2n) is 9.33. The standard InChI is InChI=1S/C26H30ClN5S/c1-16-9-12-31(13-10-16)23-8-7-19(15-21(23)27)32-25(20-14-17(2)29-18(20)3)24(30-26(32)33)22-6-4-5-11-28-22/h4-8,11,14-16,24-25,29H,9-10,12-13H2,1-3H3,(H,30,33). The molecule has 2 fully saturated rings. The first-order valence-electron chi connectivity index (χ1n) is 11.6. The van der Waals surface area contributed by atoms with Crippen molar-refractivity contribution in [1.29, 1.82) is 0 Å². The van der Waals surface area contributed by atoms with E-state index in [1.54, 1.807) is 0 Å². The average molecular weight is 480 g/mol. The van der Waals surface area contributed by atoms with Gasteiger partial charge in [0.25, 0.3) is 0 Å². The number of pyridine rings is 1. The molecule has 0 aliphatic carbocycles. The molecule has 172 valence electrons. The molecule has 0 amide bonds. The Morgan fingerprint density at radius 3 is 2.52 bits per heavy atom. The number of aromatic amines is 1. The van der Waals surface area contributed by atoms with Gasteiger partial charge in [-0.05, 0) is 86.8 Å². The Hall–Kier alpha value is -2.57. The molecular weight excluding hydrogens is 450 g/mol. The van der Waals surface area contributed by atoms with Crippen LogP contribution in [0.3, 0.4) is 0 Å². The molecule has 7 heteroatoms. The summed E-state index contributed by atoms with van der Waals surface area (Å²) < 4.78 is 0. The Morgan fingerprint density at radius 2 is 1.88 bits per heavy atom. The summed E-state index contributed by atoms with van der Waals surface area (Å²) in [6.07, 6.45) is 4.25. The zero-order chi connectivity index (χ0) is 23.1. The van der Waals surface area contributed by atoms with Crippen LogP contribution in [0.25, 0.3) is 0 Å². The van der Waals surface area contributed by atoms with Crippen LogP contribution in [0.5, 0.6) is 0 Å². The number of aromatic nitrogens is 2. The van der Waals surface area contributed by atoms with Crippen molar-refractivity contribution in [2.45, 2.75) is 45.7 Å². The van der Waals surface area contributed by atoms with Crippen LogP contribution in [-0.4, -0.2) is 28.2 Å². The van der Waals surface area contributed by atoms with Crippen LogP contribution >= 0.6 is 23.8 Å². The van der Waals surface area contributed by atoms with E-state index >= 15 is 0 Å². The molecule has 2 aromatic heterocycles. The maximum absolute atomic E-state index is 6.86. The molecule has 2 aliphatic rings. The van der Waals surface area contributed by atoms with Crippen molar-refractivity contribution in [1.82, 2.24) is 15.3 Å². The van der Waals surface area contributed by atoms with Crippen molar-refractivity contribution in [3.8, 4) is 0 Å². The molecule has 2 saturated heterocycles. The number of anilines is 2. The lowest BCUT2D eigenvalue weighted by Crippen LogP contribution is -2.33. The van der Waals surface area contributed by atoms with Crippen LogP contribution in [-0.2, 0) is 0 Å². The van der Waals surface area contributed by atoms with Crippen LogP contribution in [0, 0.1) is 19.8 Å². The number of piperidine rings is 1. The first-order chi connectivity index (χ1) is 15.9. The fraction of sp³-hybridized carbons (Fsp3) is 0.385. The Balaban J connectivity index is 1.53. The highest BCUT2D eigenvalue weighted by Gasteiger charge is 2.42. The number of nitrogens with one attached hydrogen (secondary N) is 2. The largest absolute Gasteiger partial charge is 0.370 e. The van der Waals surface area contributed by atoms with Gasteiger partial charge in [0.2, 0.25) is 0 Å². The van der Waals surface area contributed by atoms with E-state index in [0.29, 0.717) is 5.11 Å². The predicted octanol–water partition coefficient (Wildman–Crippen LogP) is 6.09. The van der Waals surface area contributed by atoms with E-state index in [0.717, 1.165) is 52.5 Å². The van der Waals surface area contributed by atoms with E-state index in [4.69, 9.17) is 23.8 Å². The lowest BCUT2D eigenvalue weighted by Gasteiger charge is -2.33. The Morgan fingerprint density at radius 1 is 1.09 bits per heavy atom. The summed E-state index contributed by atoms with van der Waals surface area (Å²) in [6.45, 7) is 8.63. The van der Waals surface area contributed by atoms with Gasteiger partial charge in [-0.3, -0.25) is 4.98 Å². The summed E-state index contributed by atoms with van der Waals surface area (Å²) in [5.41, 5.74) is 6.55. The van der Waals surface area contributed by atoms with Gasteiger partial charge in [0, 0.05) is 36.4 Å². The molecule has 0 spiro atoms. The van der Waals surface area contributed by atoms with Crippen molar-refractivity contribution >= 4 is 40.3 Å². The molecule has 2 N–H and O–H groups in total. The lowest BCUT2D eigenvalue weighted by atomic mass is 9.96. The zero-order valence-corrected chi connectivity index (χ0v) is 20.9. The van der Waals surface area contributed by atoms with Gasteiger partial charge in [0.15, 0.2) is 5.11 Å². The van der Waals surface area contributed by atoms with Gasteiger partial charge in [-0.2, -0.15) is 0 Å². The number of hydrogen-bond acceptors (Lipinski definition) is 3. The fourth-order valence-electron chi connectivity index (χ4n) is 5.15. The van der Waals surface area contributed by atoms with E-state index in [1.807, 2.05) is 18.3 Å². The van der Waals surface area contributed by atoms with Gasteiger partial charge in [-0.25, -0.2) is 0 Å². The molecule has 2 unspecified atom stereocenters. The van der Waals surface area contributed by atoms with E-state index in [2.05, 4.69) is 76.2 Å². The average Bonchev–Trinajstić information content (AvgIpc) is 3.32. The highest BCUT2D eigenvalue weighted by Crippen LogP contribution is 2.44. The number of hydrogen-bond donors (Lipinski definition) is 2. The van der Waals surface area contributed by atoms with E-state index in [-0.39, 0.29) is 12.1 Å². The third kappa shape index (κ3) is 4.22. The third-order valence-electron chi connectivity index (χ3n) is 6.94. The summed E-state index contributed by atoms with van der Waals surface area (Å²) in [4.78, 5) is 12.7. The van der Waals surface area contributed by atoms with Crippen LogP contribution in [0.15, 0.2) is 48.7 Å². The van der Waals surface area contributed by atoms with Crippen molar-refractivity contribution < 1.29 is 0 Å². The number of rotatable bonds is 4. The summed E-state index contributed by atoms with van der Waals surface area (Å²) in [7, 11) is 0. The van der Waals surface area contributed by atoms with E-state index in [1.165, 1.54) is 18.4 Å². The molecule has 0 saturated carbocycles. The monoisotopic (exact) mass is 479 g/mol.